The molecule has 0 saturated carbocycles. The van der Waals surface area contributed by atoms with Crippen LogP contribution >= 0.6 is 0 Å². The highest BCUT2D eigenvalue weighted by molar-refractivity contribution is 5.51. The minimum Gasteiger partial charge on any atom is -0.376 e. The summed E-state index contributed by atoms with van der Waals surface area (Å²) in [5.74, 6) is 0. The molecule has 1 heterocycles. The van der Waals surface area contributed by atoms with E-state index in [4.69, 9.17) is 0 Å². The Balaban J connectivity index is 1.97. The summed E-state index contributed by atoms with van der Waals surface area (Å²) in [6.45, 7) is 3.23. The molecule has 2 nitrogen and oxygen atoms in total. The summed E-state index contributed by atoms with van der Waals surface area (Å²) >= 11 is 0. The quantitative estimate of drug-likeness (QED) is 0.697. The molecule has 0 bridgehead atoms. The second kappa shape index (κ2) is 6.71. The number of rotatable bonds is 4. The third-order valence-corrected chi connectivity index (χ3v) is 5.63. The van der Waals surface area contributed by atoms with E-state index in [1.807, 2.05) is 60.7 Å². The van der Waals surface area contributed by atoms with Crippen LogP contribution < -0.4 is 0 Å². The lowest BCUT2D eigenvalue weighted by Gasteiger charge is -2.42. The predicted octanol–water partition coefficient (Wildman–Crippen LogP) is 4.66. The minimum atomic E-state index is -1.16. The van der Waals surface area contributed by atoms with E-state index in [9.17, 15) is 5.11 Å². The standard InChI is InChI=1S/C24H25NO/c1-18-13-14-22(21(17-18)23-15-16-25(23)2)24(26,19-9-5-3-6-10-19)20-11-7-4-8-12-20/h3-14,17,23,26H,15-16H2,1-2H3. The van der Waals surface area contributed by atoms with Crippen LogP contribution in [0, 0.1) is 6.92 Å². The van der Waals surface area contributed by atoms with Crippen LogP contribution in [0.15, 0.2) is 78.9 Å². The van der Waals surface area contributed by atoms with E-state index in [2.05, 4.69) is 37.1 Å². The molecule has 2 heteroatoms. The Hall–Kier alpha value is -2.42. The van der Waals surface area contributed by atoms with Gasteiger partial charge in [0.25, 0.3) is 0 Å². The van der Waals surface area contributed by atoms with Gasteiger partial charge in [0.1, 0.15) is 5.60 Å². The second-order valence-electron chi connectivity index (χ2n) is 7.32. The molecule has 4 rings (SSSR count). The molecule has 1 aliphatic heterocycles. The van der Waals surface area contributed by atoms with E-state index in [-0.39, 0.29) is 0 Å². The van der Waals surface area contributed by atoms with Crippen molar-refractivity contribution < 1.29 is 5.11 Å². The van der Waals surface area contributed by atoms with Gasteiger partial charge in [-0.2, -0.15) is 0 Å². The van der Waals surface area contributed by atoms with Gasteiger partial charge in [-0.25, -0.2) is 0 Å². The van der Waals surface area contributed by atoms with Gasteiger partial charge in [0.2, 0.25) is 0 Å². The molecule has 26 heavy (non-hydrogen) atoms. The number of hydrogen-bond donors (Lipinski definition) is 1. The van der Waals surface area contributed by atoms with Crippen LogP contribution in [0.3, 0.4) is 0 Å². The van der Waals surface area contributed by atoms with Crippen molar-refractivity contribution in [3.05, 3.63) is 107 Å². The lowest BCUT2D eigenvalue weighted by molar-refractivity contribution is 0.104. The summed E-state index contributed by atoms with van der Waals surface area (Å²) in [5.41, 5.74) is 4.08. The highest BCUT2D eigenvalue weighted by atomic mass is 16.3. The number of benzene rings is 3. The molecule has 0 aromatic heterocycles. The Morgan fingerprint density at radius 3 is 1.92 bits per heavy atom. The Kier molecular flexibility index (Phi) is 4.39. The molecule has 0 radical (unpaired) electrons. The summed E-state index contributed by atoms with van der Waals surface area (Å²) in [5, 5.41) is 12.1. The largest absolute Gasteiger partial charge is 0.376 e. The molecular weight excluding hydrogens is 318 g/mol. The molecule has 0 amide bonds. The summed E-state index contributed by atoms with van der Waals surface area (Å²) in [7, 11) is 2.16. The zero-order chi connectivity index (χ0) is 18.1. The first-order valence-corrected chi connectivity index (χ1v) is 9.25. The van der Waals surface area contributed by atoms with E-state index in [0.29, 0.717) is 6.04 Å². The van der Waals surface area contributed by atoms with Gasteiger partial charge in [-0.15, -0.1) is 0 Å². The van der Waals surface area contributed by atoms with E-state index >= 15 is 0 Å². The topological polar surface area (TPSA) is 23.5 Å². The fraction of sp³-hybridized carbons (Fsp3) is 0.250. The molecule has 3 aromatic rings. The van der Waals surface area contributed by atoms with Gasteiger partial charge in [0.15, 0.2) is 0 Å². The summed E-state index contributed by atoms with van der Waals surface area (Å²) in [6.07, 6.45) is 1.13. The van der Waals surface area contributed by atoms with Crippen LogP contribution in [0.2, 0.25) is 0 Å². The molecule has 1 atom stereocenters. The van der Waals surface area contributed by atoms with Crippen LogP contribution in [-0.4, -0.2) is 23.6 Å². The minimum absolute atomic E-state index is 0.365. The maximum atomic E-state index is 12.1. The third kappa shape index (κ3) is 2.76. The first kappa shape index (κ1) is 17.0. The highest BCUT2D eigenvalue weighted by Gasteiger charge is 2.39. The first-order chi connectivity index (χ1) is 12.6. The number of aryl methyl sites for hydroxylation is 1. The van der Waals surface area contributed by atoms with Crippen molar-refractivity contribution in [2.24, 2.45) is 0 Å². The lowest BCUT2D eigenvalue weighted by Crippen LogP contribution is -2.40. The number of likely N-dealkylation sites (tertiary alicyclic amines) is 1. The third-order valence-electron chi connectivity index (χ3n) is 5.63. The van der Waals surface area contributed by atoms with E-state index in [1.54, 1.807) is 0 Å². The normalized spacial score (nSPS) is 17.7. The molecule has 1 fully saturated rings. The highest BCUT2D eigenvalue weighted by Crippen LogP contribution is 2.43. The molecule has 1 aliphatic rings. The average Bonchev–Trinajstić information content (AvgIpc) is 2.68. The molecule has 1 saturated heterocycles. The second-order valence-corrected chi connectivity index (χ2v) is 7.32. The van der Waals surface area contributed by atoms with Crippen LogP contribution in [0.4, 0.5) is 0 Å². The fourth-order valence-electron chi connectivity index (χ4n) is 4.03. The van der Waals surface area contributed by atoms with Crippen molar-refractivity contribution in [2.75, 3.05) is 13.6 Å². The molecule has 3 aromatic carbocycles. The monoisotopic (exact) mass is 343 g/mol. The van der Waals surface area contributed by atoms with Gasteiger partial charge in [0, 0.05) is 12.6 Å². The van der Waals surface area contributed by atoms with Gasteiger partial charge >= 0.3 is 0 Å². The first-order valence-electron chi connectivity index (χ1n) is 9.25. The van der Waals surface area contributed by atoms with E-state index in [1.165, 1.54) is 11.1 Å². The molecule has 132 valence electrons. The Morgan fingerprint density at radius 2 is 1.46 bits per heavy atom. The van der Waals surface area contributed by atoms with Crippen molar-refractivity contribution in [3.63, 3.8) is 0 Å². The van der Waals surface area contributed by atoms with Crippen LogP contribution in [0.5, 0.6) is 0 Å². The zero-order valence-corrected chi connectivity index (χ0v) is 15.4. The molecule has 1 N–H and O–H groups in total. The molecule has 1 unspecified atom stereocenters. The number of nitrogens with zero attached hydrogens (tertiary/aromatic N) is 1. The zero-order valence-electron chi connectivity index (χ0n) is 15.4. The van der Waals surface area contributed by atoms with Crippen molar-refractivity contribution in [1.82, 2.24) is 4.90 Å². The smallest absolute Gasteiger partial charge is 0.140 e. The Morgan fingerprint density at radius 1 is 0.885 bits per heavy atom. The van der Waals surface area contributed by atoms with Crippen molar-refractivity contribution >= 4 is 0 Å². The molecule has 0 spiro atoms. The lowest BCUT2D eigenvalue weighted by atomic mass is 9.75. The van der Waals surface area contributed by atoms with Crippen molar-refractivity contribution in [1.29, 1.82) is 0 Å². The summed E-state index contributed by atoms with van der Waals surface area (Å²) < 4.78 is 0. The molecular formula is C24H25NO. The molecule has 0 aliphatic carbocycles. The predicted molar refractivity (Wildman–Crippen MR) is 106 cm³/mol. The number of hydrogen-bond acceptors (Lipinski definition) is 2. The van der Waals surface area contributed by atoms with E-state index < -0.39 is 5.60 Å². The van der Waals surface area contributed by atoms with Crippen LogP contribution in [-0.2, 0) is 5.60 Å². The number of aliphatic hydroxyl groups is 1. The summed E-state index contributed by atoms with van der Waals surface area (Å²) in [4.78, 5) is 2.36. The van der Waals surface area contributed by atoms with Crippen molar-refractivity contribution in [2.45, 2.75) is 25.0 Å². The maximum Gasteiger partial charge on any atom is 0.140 e. The van der Waals surface area contributed by atoms with Crippen molar-refractivity contribution in [3.8, 4) is 0 Å². The maximum absolute atomic E-state index is 12.1. The van der Waals surface area contributed by atoms with Crippen LogP contribution in [0.25, 0.3) is 0 Å². The van der Waals surface area contributed by atoms with Gasteiger partial charge in [-0.05, 0) is 42.6 Å². The van der Waals surface area contributed by atoms with Gasteiger partial charge in [0.05, 0.1) is 0 Å². The van der Waals surface area contributed by atoms with Gasteiger partial charge < -0.3 is 5.11 Å². The van der Waals surface area contributed by atoms with Crippen LogP contribution in [0.1, 0.15) is 40.3 Å². The Labute approximate surface area is 155 Å². The average molecular weight is 343 g/mol. The summed E-state index contributed by atoms with van der Waals surface area (Å²) in [6, 6.07) is 26.8. The Bertz CT molecular complexity index is 849. The van der Waals surface area contributed by atoms with Gasteiger partial charge in [-0.1, -0.05) is 84.4 Å². The van der Waals surface area contributed by atoms with Gasteiger partial charge in [-0.3, -0.25) is 4.90 Å². The fourth-order valence-corrected chi connectivity index (χ4v) is 4.03. The van der Waals surface area contributed by atoms with E-state index in [0.717, 1.165) is 29.7 Å². The SMILES string of the molecule is Cc1ccc(C(O)(c2ccccc2)c2ccccc2)c(C2CCN2C)c1.